The zero-order valence-electron chi connectivity index (χ0n) is 9.01. The topological polar surface area (TPSA) is 3.24 Å². The van der Waals surface area contributed by atoms with Gasteiger partial charge in [-0.2, -0.15) is 0 Å². The van der Waals surface area contributed by atoms with Crippen molar-refractivity contribution in [1.82, 2.24) is 4.90 Å². The van der Waals surface area contributed by atoms with Crippen LogP contribution >= 0.6 is 0 Å². The van der Waals surface area contributed by atoms with Crippen molar-refractivity contribution in [3.8, 4) is 0 Å². The maximum atomic E-state index is 2.52. The van der Waals surface area contributed by atoms with Gasteiger partial charge in [0, 0.05) is 12.6 Å². The first-order valence-electron chi connectivity index (χ1n) is 5.31. The molecule has 1 aliphatic rings. The molecule has 0 aromatic rings. The first kappa shape index (κ1) is 10.0. The Hall–Kier alpha value is -0.0400. The summed E-state index contributed by atoms with van der Waals surface area (Å²) in [6.45, 7) is 8.27. The highest BCUT2D eigenvalue weighted by Gasteiger charge is 2.22. The van der Waals surface area contributed by atoms with Gasteiger partial charge in [-0.05, 0) is 38.6 Å². The van der Waals surface area contributed by atoms with Crippen LogP contribution in [-0.2, 0) is 0 Å². The second-order valence-corrected chi connectivity index (χ2v) is 4.72. The van der Waals surface area contributed by atoms with Crippen LogP contribution in [0.1, 0.15) is 40.0 Å². The third kappa shape index (κ3) is 2.48. The number of rotatable bonds is 4. The summed E-state index contributed by atoms with van der Waals surface area (Å²) < 4.78 is 0. The number of hydrogen-bond acceptors (Lipinski definition) is 1. The molecule has 12 heavy (non-hydrogen) atoms. The molecule has 0 saturated heterocycles. The smallest absolute Gasteiger partial charge is 0.00869 e. The van der Waals surface area contributed by atoms with Gasteiger partial charge in [0.1, 0.15) is 0 Å². The SMILES string of the molecule is CC(C)C(C)N(C)CC1CCC1. The minimum absolute atomic E-state index is 0.741. The first-order chi connectivity index (χ1) is 5.61. The molecule has 1 fully saturated rings. The number of nitrogens with zero attached hydrogens (tertiary/aromatic N) is 1. The molecular formula is C11H23N. The minimum Gasteiger partial charge on any atom is -0.303 e. The molecule has 0 N–H and O–H groups in total. The van der Waals surface area contributed by atoms with Crippen molar-refractivity contribution < 1.29 is 0 Å². The van der Waals surface area contributed by atoms with Gasteiger partial charge in [-0.25, -0.2) is 0 Å². The van der Waals surface area contributed by atoms with E-state index in [4.69, 9.17) is 0 Å². The van der Waals surface area contributed by atoms with Crippen molar-refractivity contribution >= 4 is 0 Å². The fourth-order valence-corrected chi connectivity index (χ4v) is 1.76. The summed E-state index contributed by atoms with van der Waals surface area (Å²) in [7, 11) is 2.27. The standard InChI is InChI=1S/C11H23N/c1-9(2)10(3)12(4)8-11-6-5-7-11/h9-11H,5-8H2,1-4H3. The van der Waals surface area contributed by atoms with Gasteiger partial charge in [-0.3, -0.25) is 0 Å². The summed E-state index contributed by atoms with van der Waals surface area (Å²) in [6.07, 6.45) is 4.40. The summed E-state index contributed by atoms with van der Waals surface area (Å²) in [5.74, 6) is 1.80. The Morgan fingerprint density at radius 1 is 1.25 bits per heavy atom. The molecule has 0 bridgehead atoms. The molecule has 1 aliphatic carbocycles. The van der Waals surface area contributed by atoms with Gasteiger partial charge >= 0.3 is 0 Å². The minimum atomic E-state index is 0.741. The van der Waals surface area contributed by atoms with Crippen LogP contribution in [0, 0.1) is 11.8 Å². The van der Waals surface area contributed by atoms with Gasteiger partial charge in [0.05, 0.1) is 0 Å². The molecule has 0 aromatic carbocycles. The molecule has 1 heteroatoms. The van der Waals surface area contributed by atoms with Crippen LogP contribution in [0.25, 0.3) is 0 Å². The fraction of sp³-hybridized carbons (Fsp3) is 1.00. The lowest BCUT2D eigenvalue weighted by Gasteiger charge is -2.34. The predicted molar refractivity (Wildman–Crippen MR) is 54.3 cm³/mol. The second-order valence-electron chi connectivity index (χ2n) is 4.72. The van der Waals surface area contributed by atoms with Crippen LogP contribution in [0.2, 0.25) is 0 Å². The van der Waals surface area contributed by atoms with E-state index in [0.717, 1.165) is 17.9 Å². The fourth-order valence-electron chi connectivity index (χ4n) is 1.76. The summed E-state index contributed by atoms with van der Waals surface area (Å²) in [4.78, 5) is 2.52. The Morgan fingerprint density at radius 3 is 2.17 bits per heavy atom. The van der Waals surface area contributed by atoms with E-state index in [0.29, 0.717) is 0 Å². The molecular weight excluding hydrogens is 146 g/mol. The van der Waals surface area contributed by atoms with E-state index in [2.05, 4.69) is 32.7 Å². The molecule has 1 nitrogen and oxygen atoms in total. The van der Waals surface area contributed by atoms with E-state index in [9.17, 15) is 0 Å². The second kappa shape index (κ2) is 4.27. The Balaban J connectivity index is 2.21. The molecule has 0 spiro atoms. The molecule has 1 unspecified atom stereocenters. The Labute approximate surface area is 77.1 Å². The maximum Gasteiger partial charge on any atom is 0.00869 e. The first-order valence-corrected chi connectivity index (χ1v) is 5.31. The molecule has 1 saturated carbocycles. The van der Waals surface area contributed by atoms with Crippen molar-refractivity contribution in [2.75, 3.05) is 13.6 Å². The van der Waals surface area contributed by atoms with E-state index in [-0.39, 0.29) is 0 Å². The summed E-state index contributed by atoms with van der Waals surface area (Å²) in [6, 6.07) is 0.741. The summed E-state index contributed by atoms with van der Waals surface area (Å²) in [5.41, 5.74) is 0. The van der Waals surface area contributed by atoms with Crippen LogP contribution in [0.4, 0.5) is 0 Å². The van der Waals surface area contributed by atoms with Crippen LogP contribution in [-0.4, -0.2) is 24.5 Å². The van der Waals surface area contributed by atoms with Crippen molar-refractivity contribution in [3.63, 3.8) is 0 Å². The third-order valence-electron chi connectivity index (χ3n) is 3.43. The number of hydrogen-bond donors (Lipinski definition) is 0. The Morgan fingerprint density at radius 2 is 1.83 bits per heavy atom. The molecule has 0 heterocycles. The average molecular weight is 169 g/mol. The monoisotopic (exact) mass is 169 g/mol. The molecule has 0 aliphatic heterocycles. The van der Waals surface area contributed by atoms with Crippen molar-refractivity contribution in [2.45, 2.75) is 46.1 Å². The van der Waals surface area contributed by atoms with Crippen LogP contribution < -0.4 is 0 Å². The van der Waals surface area contributed by atoms with Crippen molar-refractivity contribution in [1.29, 1.82) is 0 Å². The van der Waals surface area contributed by atoms with Crippen molar-refractivity contribution in [2.24, 2.45) is 11.8 Å². The van der Waals surface area contributed by atoms with E-state index in [1.807, 2.05) is 0 Å². The van der Waals surface area contributed by atoms with E-state index in [1.54, 1.807) is 0 Å². The Kier molecular flexibility index (Phi) is 3.57. The lowest BCUT2D eigenvalue weighted by Crippen LogP contribution is -2.38. The summed E-state index contributed by atoms with van der Waals surface area (Å²) >= 11 is 0. The van der Waals surface area contributed by atoms with Gasteiger partial charge in [0.2, 0.25) is 0 Å². The van der Waals surface area contributed by atoms with Crippen LogP contribution in [0.5, 0.6) is 0 Å². The van der Waals surface area contributed by atoms with E-state index < -0.39 is 0 Å². The van der Waals surface area contributed by atoms with E-state index in [1.165, 1.54) is 25.8 Å². The molecule has 0 aromatic heterocycles. The molecule has 72 valence electrons. The van der Waals surface area contributed by atoms with Gasteiger partial charge in [0.25, 0.3) is 0 Å². The molecule has 0 radical (unpaired) electrons. The van der Waals surface area contributed by atoms with Crippen molar-refractivity contribution in [3.05, 3.63) is 0 Å². The van der Waals surface area contributed by atoms with Gasteiger partial charge < -0.3 is 4.90 Å². The highest BCUT2D eigenvalue weighted by atomic mass is 15.1. The highest BCUT2D eigenvalue weighted by molar-refractivity contribution is 4.75. The zero-order chi connectivity index (χ0) is 9.14. The lowest BCUT2D eigenvalue weighted by molar-refractivity contribution is 0.144. The molecule has 0 amide bonds. The third-order valence-corrected chi connectivity index (χ3v) is 3.43. The maximum absolute atomic E-state index is 2.52. The van der Waals surface area contributed by atoms with Gasteiger partial charge in [-0.15, -0.1) is 0 Å². The molecule has 1 rings (SSSR count). The van der Waals surface area contributed by atoms with Gasteiger partial charge in [0.15, 0.2) is 0 Å². The quantitative estimate of drug-likeness (QED) is 0.625. The zero-order valence-corrected chi connectivity index (χ0v) is 9.01. The van der Waals surface area contributed by atoms with Crippen LogP contribution in [0.15, 0.2) is 0 Å². The molecule has 1 atom stereocenters. The highest BCUT2D eigenvalue weighted by Crippen LogP contribution is 2.27. The normalized spacial score (nSPS) is 21.5. The lowest BCUT2D eigenvalue weighted by atomic mass is 9.84. The van der Waals surface area contributed by atoms with Gasteiger partial charge in [-0.1, -0.05) is 20.3 Å². The Bertz CT molecular complexity index is 127. The largest absolute Gasteiger partial charge is 0.303 e. The summed E-state index contributed by atoms with van der Waals surface area (Å²) in [5, 5.41) is 0. The van der Waals surface area contributed by atoms with Crippen LogP contribution in [0.3, 0.4) is 0 Å². The average Bonchev–Trinajstić information content (AvgIpc) is 1.94. The van der Waals surface area contributed by atoms with E-state index >= 15 is 0 Å². The predicted octanol–water partition coefficient (Wildman–Crippen LogP) is 2.76.